The smallest absolute Gasteiger partial charge is 0.356 e. The number of carbonyl (C=O) groups is 1. The maximum Gasteiger partial charge on any atom is 0.356 e. The molecule has 0 N–H and O–H groups in total. The van der Waals surface area contributed by atoms with Crippen LogP contribution < -0.4 is 0 Å². The van der Waals surface area contributed by atoms with E-state index in [1.54, 1.807) is 18.2 Å². The van der Waals surface area contributed by atoms with E-state index in [-0.39, 0.29) is 10.6 Å². The van der Waals surface area contributed by atoms with Gasteiger partial charge in [0.15, 0.2) is 21.2 Å². The van der Waals surface area contributed by atoms with E-state index >= 15 is 0 Å². The van der Waals surface area contributed by atoms with Crippen molar-refractivity contribution in [2.24, 2.45) is 0 Å². The average molecular weight is 394 g/mol. The second-order valence-electron chi connectivity index (χ2n) is 5.80. The van der Waals surface area contributed by atoms with Crippen molar-refractivity contribution in [3.63, 3.8) is 0 Å². The molecular formula is C17H16ClN3O4S. The normalized spacial score (nSPS) is 11.7. The lowest BCUT2D eigenvalue weighted by Crippen LogP contribution is -2.05. The van der Waals surface area contributed by atoms with Gasteiger partial charge in [0.2, 0.25) is 0 Å². The summed E-state index contributed by atoms with van der Waals surface area (Å²) in [5.74, 6) is 0.163. The van der Waals surface area contributed by atoms with Gasteiger partial charge in [-0.15, -0.1) is 0 Å². The zero-order valence-electron chi connectivity index (χ0n) is 14.4. The molecule has 0 unspecified atom stereocenters. The third-order valence-electron chi connectivity index (χ3n) is 3.98. The van der Waals surface area contributed by atoms with Gasteiger partial charge in [-0.05, 0) is 36.8 Å². The summed E-state index contributed by atoms with van der Waals surface area (Å²) >= 11 is 6.27. The molecule has 136 valence electrons. The Kier molecular flexibility index (Phi) is 4.72. The molecule has 0 bridgehead atoms. The molecule has 2 aromatic heterocycles. The van der Waals surface area contributed by atoms with Crippen LogP contribution in [0.2, 0.25) is 5.02 Å². The first-order valence-corrected chi connectivity index (χ1v) is 9.88. The largest absolute Gasteiger partial charge is 0.464 e. The minimum Gasteiger partial charge on any atom is -0.464 e. The lowest BCUT2D eigenvalue weighted by atomic mass is 10.2. The number of ether oxygens (including phenoxy) is 1. The molecule has 0 saturated carbocycles. The SMILES string of the molecule is COC(=O)c1ccc2c(n1)nc(C)n2Cc1ccc(S(C)(=O)=O)cc1Cl. The number of fused-ring (bicyclic) bond motifs is 1. The van der Waals surface area contributed by atoms with E-state index in [1.807, 2.05) is 11.5 Å². The van der Waals surface area contributed by atoms with Crippen molar-refractivity contribution < 1.29 is 17.9 Å². The van der Waals surface area contributed by atoms with Crippen molar-refractivity contribution >= 4 is 38.6 Å². The molecule has 26 heavy (non-hydrogen) atoms. The number of esters is 1. The van der Waals surface area contributed by atoms with Gasteiger partial charge < -0.3 is 9.30 Å². The lowest BCUT2D eigenvalue weighted by molar-refractivity contribution is 0.0594. The monoisotopic (exact) mass is 393 g/mol. The van der Waals surface area contributed by atoms with E-state index in [1.165, 1.54) is 19.2 Å². The highest BCUT2D eigenvalue weighted by molar-refractivity contribution is 7.90. The molecule has 3 rings (SSSR count). The molecule has 7 nitrogen and oxygen atoms in total. The number of imidazole rings is 1. The highest BCUT2D eigenvalue weighted by atomic mass is 35.5. The maximum atomic E-state index is 11.6. The van der Waals surface area contributed by atoms with Gasteiger partial charge in [-0.25, -0.2) is 23.2 Å². The number of aryl methyl sites for hydroxylation is 1. The molecule has 0 fully saturated rings. The van der Waals surface area contributed by atoms with Gasteiger partial charge in [-0.1, -0.05) is 17.7 Å². The Morgan fingerprint density at radius 1 is 1.23 bits per heavy atom. The molecule has 1 aromatic carbocycles. The molecule has 9 heteroatoms. The summed E-state index contributed by atoms with van der Waals surface area (Å²) < 4.78 is 29.8. The maximum absolute atomic E-state index is 11.6. The van der Waals surface area contributed by atoms with Crippen LogP contribution in [0.4, 0.5) is 0 Å². The fraction of sp³-hybridized carbons (Fsp3) is 0.235. The summed E-state index contributed by atoms with van der Waals surface area (Å²) in [5.41, 5.74) is 2.09. The van der Waals surface area contributed by atoms with Crippen molar-refractivity contribution in [2.75, 3.05) is 13.4 Å². The second kappa shape index (κ2) is 6.69. The fourth-order valence-corrected chi connectivity index (χ4v) is 3.55. The first-order valence-electron chi connectivity index (χ1n) is 7.61. The van der Waals surface area contributed by atoms with Crippen LogP contribution in [-0.2, 0) is 21.1 Å². The number of hydrogen-bond acceptors (Lipinski definition) is 6. The summed E-state index contributed by atoms with van der Waals surface area (Å²) in [6, 6.07) is 7.96. The minimum atomic E-state index is -3.32. The Balaban J connectivity index is 2.01. The van der Waals surface area contributed by atoms with Crippen molar-refractivity contribution in [1.29, 1.82) is 0 Å². The zero-order valence-corrected chi connectivity index (χ0v) is 15.9. The predicted octanol–water partition coefficient (Wildman–Crippen LogP) is 2.63. The quantitative estimate of drug-likeness (QED) is 0.633. The number of hydrogen-bond donors (Lipinski definition) is 0. The first kappa shape index (κ1) is 18.3. The second-order valence-corrected chi connectivity index (χ2v) is 8.22. The number of benzene rings is 1. The van der Waals surface area contributed by atoms with Gasteiger partial charge in [-0.3, -0.25) is 0 Å². The number of rotatable bonds is 4. The van der Waals surface area contributed by atoms with Crippen LogP contribution in [0.1, 0.15) is 21.9 Å². The first-order chi connectivity index (χ1) is 12.2. The Morgan fingerprint density at radius 3 is 2.58 bits per heavy atom. The Bertz CT molecular complexity index is 1120. The number of carbonyl (C=O) groups excluding carboxylic acids is 1. The van der Waals surface area contributed by atoms with Crippen LogP contribution in [0.15, 0.2) is 35.2 Å². The highest BCUT2D eigenvalue weighted by Gasteiger charge is 2.15. The van der Waals surface area contributed by atoms with Gasteiger partial charge in [0.1, 0.15) is 5.82 Å². The summed E-state index contributed by atoms with van der Waals surface area (Å²) in [6.07, 6.45) is 1.14. The number of halogens is 1. The molecular weight excluding hydrogens is 378 g/mol. The number of pyridine rings is 1. The average Bonchev–Trinajstić information content (AvgIpc) is 2.89. The van der Waals surface area contributed by atoms with Gasteiger partial charge in [-0.2, -0.15) is 0 Å². The van der Waals surface area contributed by atoms with Gasteiger partial charge in [0, 0.05) is 11.3 Å². The summed E-state index contributed by atoms with van der Waals surface area (Å²) in [7, 11) is -2.03. The fourth-order valence-electron chi connectivity index (χ4n) is 2.60. The standard InChI is InChI=1S/C17H16ClN3O4S/c1-10-19-16-15(7-6-14(20-16)17(22)25-2)21(10)9-11-4-5-12(8-13(11)18)26(3,23)24/h4-8H,9H2,1-3H3. The predicted molar refractivity (Wildman–Crippen MR) is 97.3 cm³/mol. The van der Waals surface area contributed by atoms with E-state index in [4.69, 9.17) is 11.6 Å². The van der Waals surface area contributed by atoms with Gasteiger partial charge in [0.05, 0.1) is 24.1 Å². The van der Waals surface area contributed by atoms with E-state index in [0.717, 1.165) is 17.3 Å². The third kappa shape index (κ3) is 3.42. The number of nitrogens with zero attached hydrogens (tertiary/aromatic N) is 3. The molecule has 0 atom stereocenters. The molecule has 0 aliphatic heterocycles. The van der Waals surface area contributed by atoms with Crippen LogP contribution in [0.3, 0.4) is 0 Å². The van der Waals surface area contributed by atoms with Crippen LogP contribution in [0, 0.1) is 6.92 Å². The number of aromatic nitrogens is 3. The molecule has 2 heterocycles. The molecule has 0 aliphatic rings. The Labute approximate surface area is 155 Å². The molecule has 0 aliphatic carbocycles. The van der Waals surface area contributed by atoms with E-state index in [0.29, 0.717) is 23.0 Å². The minimum absolute atomic E-state index is 0.169. The van der Waals surface area contributed by atoms with Crippen molar-refractivity contribution in [3.05, 3.63) is 52.4 Å². The number of sulfone groups is 1. The van der Waals surface area contributed by atoms with Crippen LogP contribution in [0.25, 0.3) is 11.2 Å². The molecule has 0 radical (unpaired) electrons. The lowest BCUT2D eigenvalue weighted by Gasteiger charge is -2.10. The summed E-state index contributed by atoms with van der Waals surface area (Å²) in [6.45, 7) is 2.21. The zero-order chi connectivity index (χ0) is 19.1. The molecule has 3 aromatic rings. The topological polar surface area (TPSA) is 91.2 Å². The number of methoxy groups -OCH3 is 1. The molecule has 0 spiro atoms. The third-order valence-corrected chi connectivity index (χ3v) is 5.44. The van der Waals surface area contributed by atoms with Crippen LogP contribution in [0.5, 0.6) is 0 Å². The summed E-state index contributed by atoms with van der Waals surface area (Å²) in [5, 5.41) is 0.355. The van der Waals surface area contributed by atoms with E-state index < -0.39 is 15.8 Å². The van der Waals surface area contributed by atoms with E-state index in [9.17, 15) is 13.2 Å². The van der Waals surface area contributed by atoms with Crippen molar-refractivity contribution in [3.8, 4) is 0 Å². The van der Waals surface area contributed by atoms with E-state index in [2.05, 4.69) is 14.7 Å². The van der Waals surface area contributed by atoms with Crippen LogP contribution >= 0.6 is 11.6 Å². The van der Waals surface area contributed by atoms with Gasteiger partial charge >= 0.3 is 5.97 Å². The highest BCUT2D eigenvalue weighted by Crippen LogP contribution is 2.24. The van der Waals surface area contributed by atoms with Gasteiger partial charge in [0.25, 0.3) is 0 Å². The Morgan fingerprint density at radius 2 is 1.96 bits per heavy atom. The summed E-state index contributed by atoms with van der Waals surface area (Å²) in [4.78, 5) is 20.4. The Hall–Kier alpha value is -2.45. The van der Waals surface area contributed by atoms with Crippen molar-refractivity contribution in [1.82, 2.24) is 14.5 Å². The molecule has 0 amide bonds. The molecule has 0 saturated heterocycles. The van der Waals surface area contributed by atoms with Crippen molar-refractivity contribution in [2.45, 2.75) is 18.4 Å². The van der Waals surface area contributed by atoms with Crippen LogP contribution in [-0.4, -0.2) is 42.3 Å².